The number of hydrogen-bond donors (Lipinski definition) is 0. The van der Waals surface area contributed by atoms with Gasteiger partial charge in [0.25, 0.3) is 0 Å². The van der Waals surface area contributed by atoms with Crippen LogP contribution in [0.5, 0.6) is 0 Å². The van der Waals surface area contributed by atoms with E-state index in [0.29, 0.717) is 23.5 Å². The van der Waals surface area contributed by atoms with Gasteiger partial charge in [-0.05, 0) is 66.9 Å². The molecule has 4 aliphatic carbocycles. The van der Waals surface area contributed by atoms with Crippen molar-refractivity contribution < 1.29 is 9.53 Å². The minimum absolute atomic E-state index is 0.0172. The topological polar surface area (TPSA) is 26.3 Å². The van der Waals surface area contributed by atoms with Gasteiger partial charge in [-0.15, -0.1) is 0 Å². The van der Waals surface area contributed by atoms with Crippen LogP contribution in [0.3, 0.4) is 0 Å². The van der Waals surface area contributed by atoms with E-state index in [9.17, 15) is 4.79 Å². The number of Topliss-reactive ketones (excluding diaryl/α,β-unsaturated/α-hetero) is 1. The lowest BCUT2D eigenvalue weighted by Crippen LogP contribution is -2.50. The molecule has 0 spiro atoms. The Morgan fingerprint density at radius 3 is 2.65 bits per heavy atom. The smallest absolute Gasteiger partial charge is 0.139 e. The van der Waals surface area contributed by atoms with Crippen molar-refractivity contribution in [3.8, 4) is 0 Å². The van der Waals surface area contributed by atoms with Gasteiger partial charge in [0, 0.05) is 17.8 Å². The molecule has 126 valence electrons. The monoisotopic (exact) mass is 314 g/mol. The minimum Gasteiger partial charge on any atom is -0.501 e. The third kappa shape index (κ3) is 1.96. The molecule has 2 heteroatoms. The molecule has 0 N–H and O–H groups in total. The first kappa shape index (κ1) is 15.5. The standard InChI is InChI=1S/C21H30O2/c1-13-12-21(3)14(11-18(13)23-4)5-6-15-16-7-8-19(22)20(16,2)10-9-17(15)21/h5,11,13,15-17H,6-10,12H2,1-4H3/t13-,15?,16?,17?,20?,21?/m1/s1. The van der Waals surface area contributed by atoms with Crippen molar-refractivity contribution in [1.29, 1.82) is 0 Å². The Bertz CT molecular complexity index is 601. The highest BCUT2D eigenvalue weighted by molar-refractivity contribution is 5.87. The van der Waals surface area contributed by atoms with Crippen molar-refractivity contribution in [2.45, 2.75) is 59.3 Å². The van der Waals surface area contributed by atoms with Crippen LogP contribution in [0, 0.1) is 34.5 Å². The molecule has 2 nitrogen and oxygen atoms in total. The van der Waals surface area contributed by atoms with Crippen molar-refractivity contribution in [3.05, 3.63) is 23.5 Å². The largest absolute Gasteiger partial charge is 0.501 e. The summed E-state index contributed by atoms with van der Waals surface area (Å²) in [6.45, 7) is 7.04. The van der Waals surface area contributed by atoms with Crippen molar-refractivity contribution >= 4 is 5.78 Å². The van der Waals surface area contributed by atoms with Crippen LogP contribution in [0.4, 0.5) is 0 Å². The van der Waals surface area contributed by atoms with Gasteiger partial charge in [-0.2, -0.15) is 0 Å². The number of allylic oxidation sites excluding steroid dienone is 4. The summed E-state index contributed by atoms with van der Waals surface area (Å²) in [6, 6.07) is 0. The van der Waals surface area contributed by atoms with Gasteiger partial charge < -0.3 is 4.74 Å². The normalized spacial score (nSPS) is 48.8. The first-order chi connectivity index (χ1) is 10.9. The van der Waals surface area contributed by atoms with Crippen LogP contribution in [0.2, 0.25) is 0 Å². The number of carbonyl (C=O) groups excluding carboxylic acids is 1. The highest BCUT2D eigenvalue weighted by Crippen LogP contribution is 2.64. The van der Waals surface area contributed by atoms with Crippen molar-refractivity contribution in [1.82, 2.24) is 0 Å². The van der Waals surface area contributed by atoms with Gasteiger partial charge in [-0.1, -0.05) is 26.8 Å². The molecule has 0 aromatic heterocycles. The summed E-state index contributed by atoms with van der Waals surface area (Å²) < 4.78 is 5.61. The lowest BCUT2D eigenvalue weighted by molar-refractivity contribution is -0.131. The number of methoxy groups -OCH3 is 1. The predicted molar refractivity (Wildman–Crippen MR) is 91.7 cm³/mol. The zero-order chi connectivity index (χ0) is 16.4. The maximum absolute atomic E-state index is 12.5. The molecular weight excluding hydrogens is 284 g/mol. The SMILES string of the molecule is COC1=CC2=CCC3C4CCC(=O)C4(C)CCC3C2(C)C[C@H]1C. The molecule has 2 fully saturated rings. The molecule has 6 atom stereocenters. The van der Waals surface area contributed by atoms with Gasteiger partial charge in [0.15, 0.2) is 0 Å². The Hall–Kier alpha value is -1.05. The van der Waals surface area contributed by atoms with Gasteiger partial charge in [0.2, 0.25) is 0 Å². The van der Waals surface area contributed by atoms with Crippen LogP contribution in [0.15, 0.2) is 23.5 Å². The maximum atomic E-state index is 12.5. The Morgan fingerprint density at radius 1 is 1.17 bits per heavy atom. The van der Waals surface area contributed by atoms with Gasteiger partial charge in [0.1, 0.15) is 5.78 Å². The van der Waals surface area contributed by atoms with Crippen molar-refractivity contribution in [2.24, 2.45) is 34.5 Å². The average molecular weight is 314 g/mol. The summed E-state index contributed by atoms with van der Waals surface area (Å²) in [7, 11) is 1.80. The molecule has 4 aliphatic rings. The van der Waals surface area contributed by atoms with E-state index < -0.39 is 0 Å². The predicted octanol–water partition coefficient (Wildman–Crippen LogP) is 4.90. The average Bonchev–Trinajstić information content (AvgIpc) is 2.82. The maximum Gasteiger partial charge on any atom is 0.139 e. The summed E-state index contributed by atoms with van der Waals surface area (Å²) in [5.74, 6) is 4.25. The summed E-state index contributed by atoms with van der Waals surface area (Å²) in [5.41, 5.74) is 1.76. The zero-order valence-electron chi connectivity index (χ0n) is 15.0. The fraction of sp³-hybridized carbons (Fsp3) is 0.762. The molecule has 0 aliphatic heterocycles. The highest BCUT2D eigenvalue weighted by atomic mass is 16.5. The molecular formula is C21H30O2. The third-order valence-electron chi connectivity index (χ3n) is 7.98. The molecule has 4 rings (SSSR count). The van der Waals surface area contributed by atoms with Gasteiger partial charge >= 0.3 is 0 Å². The number of fused-ring (bicyclic) bond motifs is 5. The zero-order valence-corrected chi connectivity index (χ0v) is 15.0. The van der Waals surface area contributed by atoms with E-state index >= 15 is 0 Å². The first-order valence-corrected chi connectivity index (χ1v) is 9.39. The van der Waals surface area contributed by atoms with Crippen LogP contribution >= 0.6 is 0 Å². The van der Waals surface area contributed by atoms with Gasteiger partial charge in [-0.25, -0.2) is 0 Å². The Kier molecular flexibility index (Phi) is 3.35. The second kappa shape index (κ2) is 4.97. The lowest BCUT2D eigenvalue weighted by atomic mass is 9.48. The fourth-order valence-electron chi connectivity index (χ4n) is 6.67. The molecule has 0 amide bonds. The quantitative estimate of drug-likeness (QED) is 0.688. The summed E-state index contributed by atoms with van der Waals surface area (Å²) >= 11 is 0. The molecule has 0 heterocycles. The molecule has 0 aromatic rings. The lowest BCUT2D eigenvalue weighted by Gasteiger charge is -2.56. The van der Waals surface area contributed by atoms with Gasteiger partial charge in [-0.3, -0.25) is 4.79 Å². The second-order valence-corrected chi connectivity index (χ2v) is 8.96. The second-order valence-electron chi connectivity index (χ2n) is 8.96. The Balaban J connectivity index is 1.72. The molecule has 23 heavy (non-hydrogen) atoms. The molecule has 0 saturated heterocycles. The first-order valence-electron chi connectivity index (χ1n) is 9.39. The molecule has 0 bridgehead atoms. The van der Waals surface area contributed by atoms with E-state index in [-0.39, 0.29) is 10.8 Å². The highest BCUT2D eigenvalue weighted by Gasteiger charge is 2.58. The van der Waals surface area contributed by atoms with Crippen molar-refractivity contribution in [2.75, 3.05) is 7.11 Å². The number of carbonyl (C=O) groups is 1. The molecule has 0 radical (unpaired) electrons. The Morgan fingerprint density at radius 2 is 1.91 bits per heavy atom. The summed E-state index contributed by atoms with van der Waals surface area (Å²) in [4.78, 5) is 12.5. The van der Waals surface area contributed by atoms with Crippen LogP contribution < -0.4 is 0 Å². The van der Waals surface area contributed by atoms with Crippen LogP contribution in [0.25, 0.3) is 0 Å². The number of rotatable bonds is 1. The number of ether oxygens (including phenoxy) is 1. The number of hydrogen-bond acceptors (Lipinski definition) is 2. The molecule has 5 unspecified atom stereocenters. The van der Waals surface area contributed by atoms with Gasteiger partial charge in [0.05, 0.1) is 12.9 Å². The van der Waals surface area contributed by atoms with Crippen LogP contribution in [0.1, 0.15) is 59.3 Å². The van der Waals surface area contributed by atoms with E-state index in [1.807, 2.05) is 0 Å². The van der Waals surface area contributed by atoms with Crippen LogP contribution in [-0.4, -0.2) is 12.9 Å². The summed E-state index contributed by atoms with van der Waals surface area (Å²) in [6.07, 6.45) is 11.4. The third-order valence-corrected chi connectivity index (χ3v) is 7.98. The van der Waals surface area contributed by atoms with E-state index in [2.05, 4.69) is 32.9 Å². The van der Waals surface area contributed by atoms with E-state index in [1.54, 1.807) is 7.11 Å². The minimum atomic E-state index is -0.0172. The van der Waals surface area contributed by atoms with E-state index in [0.717, 1.165) is 37.4 Å². The summed E-state index contributed by atoms with van der Waals surface area (Å²) in [5, 5.41) is 0. The van der Waals surface area contributed by atoms with E-state index in [4.69, 9.17) is 4.74 Å². The van der Waals surface area contributed by atoms with Crippen LogP contribution in [-0.2, 0) is 9.53 Å². The van der Waals surface area contributed by atoms with E-state index in [1.165, 1.54) is 18.4 Å². The Labute approximate surface area is 140 Å². The molecule has 2 saturated carbocycles. The van der Waals surface area contributed by atoms with Crippen molar-refractivity contribution in [3.63, 3.8) is 0 Å². The molecule has 0 aromatic carbocycles. The number of ketones is 1. The fourth-order valence-corrected chi connectivity index (χ4v) is 6.67.